The number of hydrogen-bond donors (Lipinski definition) is 2. The molecule has 0 spiro atoms. The molecule has 2 unspecified atom stereocenters. The minimum atomic E-state index is 0.189. The van der Waals surface area contributed by atoms with Crippen molar-refractivity contribution in [3.63, 3.8) is 0 Å². The Kier molecular flexibility index (Phi) is 2.86. The van der Waals surface area contributed by atoms with E-state index in [1.54, 1.807) is 6.33 Å². The topological polar surface area (TPSA) is 53.6 Å². The molecule has 0 saturated heterocycles. The summed E-state index contributed by atoms with van der Waals surface area (Å²) in [7, 11) is 0. The molecular weight excluding hydrogens is 232 g/mol. The molecule has 0 aliphatic carbocycles. The summed E-state index contributed by atoms with van der Waals surface area (Å²) in [4.78, 5) is 5.56. The largest absolute Gasteiger partial charge is 0.300 e. The predicted octanol–water partition coefficient (Wildman–Crippen LogP) is 2.30. The predicted molar refractivity (Wildman–Crippen MR) is 67.8 cm³/mol. The zero-order valence-corrected chi connectivity index (χ0v) is 10.4. The molecule has 1 aromatic heterocycles. The summed E-state index contributed by atoms with van der Waals surface area (Å²) < 4.78 is 0. The Morgan fingerprint density at radius 2 is 2.35 bits per heavy atom. The highest BCUT2D eigenvalue weighted by Crippen LogP contribution is 2.38. The first-order chi connectivity index (χ1) is 8.34. The normalized spacial score (nSPS) is 20.2. The molecule has 2 aromatic rings. The Hall–Kier alpha value is -1.33. The van der Waals surface area contributed by atoms with Crippen LogP contribution >= 0.6 is 11.8 Å². The molecule has 1 aliphatic heterocycles. The van der Waals surface area contributed by atoms with Crippen LogP contribution in [0.15, 0.2) is 35.5 Å². The molecule has 0 bridgehead atoms. The van der Waals surface area contributed by atoms with Crippen LogP contribution in [0.1, 0.15) is 30.4 Å². The van der Waals surface area contributed by atoms with Crippen molar-refractivity contribution in [1.82, 2.24) is 20.5 Å². The van der Waals surface area contributed by atoms with Gasteiger partial charge in [-0.05, 0) is 18.6 Å². The zero-order valence-electron chi connectivity index (χ0n) is 9.55. The van der Waals surface area contributed by atoms with Crippen LogP contribution in [0.3, 0.4) is 0 Å². The molecule has 1 aliphatic rings. The molecule has 5 heteroatoms. The SMILES string of the molecule is CC(NC1CSc2ccccc21)c1ncn[nH]1. The van der Waals surface area contributed by atoms with Gasteiger partial charge in [0.1, 0.15) is 12.2 Å². The molecule has 1 aromatic carbocycles. The Balaban J connectivity index is 1.75. The van der Waals surface area contributed by atoms with Crippen molar-refractivity contribution in [2.45, 2.75) is 23.9 Å². The fraction of sp³-hybridized carbons (Fsp3) is 0.333. The number of H-pyrrole nitrogens is 1. The molecule has 0 radical (unpaired) electrons. The van der Waals surface area contributed by atoms with E-state index in [2.05, 4.69) is 51.7 Å². The van der Waals surface area contributed by atoms with Crippen LogP contribution in [0.2, 0.25) is 0 Å². The van der Waals surface area contributed by atoms with Crippen LogP contribution in [-0.4, -0.2) is 20.9 Å². The van der Waals surface area contributed by atoms with Gasteiger partial charge in [0.25, 0.3) is 0 Å². The van der Waals surface area contributed by atoms with E-state index in [1.807, 2.05) is 11.8 Å². The third-order valence-electron chi connectivity index (χ3n) is 2.99. The highest BCUT2D eigenvalue weighted by molar-refractivity contribution is 7.99. The summed E-state index contributed by atoms with van der Waals surface area (Å²) >= 11 is 1.91. The average molecular weight is 246 g/mol. The van der Waals surface area contributed by atoms with Crippen molar-refractivity contribution >= 4 is 11.8 Å². The molecule has 2 heterocycles. The first-order valence-corrected chi connectivity index (χ1v) is 6.66. The molecule has 4 nitrogen and oxygen atoms in total. The highest BCUT2D eigenvalue weighted by Gasteiger charge is 2.24. The number of fused-ring (bicyclic) bond motifs is 1. The highest BCUT2D eigenvalue weighted by atomic mass is 32.2. The van der Waals surface area contributed by atoms with E-state index in [0.717, 1.165) is 11.6 Å². The summed E-state index contributed by atoms with van der Waals surface area (Å²) in [6, 6.07) is 9.15. The molecule has 3 rings (SSSR count). The average Bonchev–Trinajstić information content (AvgIpc) is 2.98. The Bertz CT molecular complexity index is 497. The van der Waals surface area contributed by atoms with Gasteiger partial charge in [-0.15, -0.1) is 11.8 Å². The number of aromatic nitrogens is 3. The fourth-order valence-corrected chi connectivity index (χ4v) is 3.28. The van der Waals surface area contributed by atoms with Gasteiger partial charge in [-0.1, -0.05) is 18.2 Å². The standard InChI is InChI=1S/C12H14N4S/c1-8(12-13-7-14-16-12)15-10-6-17-11-5-3-2-4-9(10)11/h2-5,7-8,10,15H,6H2,1H3,(H,13,14,16). The van der Waals surface area contributed by atoms with E-state index in [4.69, 9.17) is 0 Å². The minimum absolute atomic E-state index is 0.189. The lowest BCUT2D eigenvalue weighted by Crippen LogP contribution is -2.25. The van der Waals surface area contributed by atoms with Crippen LogP contribution in [0.25, 0.3) is 0 Å². The summed E-state index contributed by atoms with van der Waals surface area (Å²) in [5.74, 6) is 1.97. The van der Waals surface area contributed by atoms with Gasteiger partial charge < -0.3 is 0 Å². The van der Waals surface area contributed by atoms with Crippen molar-refractivity contribution in [1.29, 1.82) is 0 Å². The van der Waals surface area contributed by atoms with Crippen LogP contribution in [0.4, 0.5) is 0 Å². The van der Waals surface area contributed by atoms with Crippen LogP contribution in [0, 0.1) is 0 Å². The Labute approximate surface area is 104 Å². The molecule has 0 amide bonds. The lowest BCUT2D eigenvalue weighted by molar-refractivity contribution is 0.483. The van der Waals surface area contributed by atoms with E-state index in [9.17, 15) is 0 Å². The van der Waals surface area contributed by atoms with Crippen molar-refractivity contribution in [3.05, 3.63) is 42.0 Å². The molecule has 17 heavy (non-hydrogen) atoms. The molecule has 2 N–H and O–H groups in total. The summed E-state index contributed by atoms with van der Waals surface area (Å²) in [5, 5.41) is 10.4. The Morgan fingerprint density at radius 3 is 3.18 bits per heavy atom. The number of nitrogens with zero attached hydrogens (tertiary/aromatic N) is 2. The molecule has 88 valence electrons. The van der Waals surface area contributed by atoms with Crippen LogP contribution in [-0.2, 0) is 0 Å². The molecule has 2 atom stereocenters. The van der Waals surface area contributed by atoms with Crippen molar-refractivity contribution in [2.24, 2.45) is 0 Å². The monoisotopic (exact) mass is 246 g/mol. The number of thioether (sulfide) groups is 1. The number of rotatable bonds is 3. The first-order valence-electron chi connectivity index (χ1n) is 5.67. The quantitative estimate of drug-likeness (QED) is 0.872. The third-order valence-corrected chi connectivity index (χ3v) is 4.18. The lowest BCUT2D eigenvalue weighted by atomic mass is 10.1. The lowest BCUT2D eigenvalue weighted by Gasteiger charge is -2.17. The van der Waals surface area contributed by atoms with Gasteiger partial charge in [0.15, 0.2) is 0 Å². The van der Waals surface area contributed by atoms with Gasteiger partial charge in [0.05, 0.1) is 6.04 Å². The van der Waals surface area contributed by atoms with E-state index in [0.29, 0.717) is 6.04 Å². The summed E-state index contributed by atoms with van der Waals surface area (Å²) in [6.45, 7) is 2.10. The van der Waals surface area contributed by atoms with Crippen molar-refractivity contribution in [3.8, 4) is 0 Å². The molecule has 0 fully saturated rings. The minimum Gasteiger partial charge on any atom is -0.300 e. The smallest absolute Gasteiger partial charge is 0.141 e. The van der Waals surface area contributed by atoms with Gasteiger partial charge in [-0.25, -0.2) is 4.98 Å². The maximum Gasteiger partial charge on any atom is 0.141 e. The van der Waals surface area contributed by atoms with Gasteiger partial charge in [0, 0.05) is 16.7 Å². The van der Waals surface area contributed by atoms with Gasteiger partial charge >= 0.3 is 0 Å². The van der Waals surface area contributed by atoms with Crippen LogP contribution < -0.4 is 5.32 Å². The number of nitrogens with one attached hydrogen (secondary N) is 2. The molecular formula is C12H14N4S. The zero-order chi connectivity index (χ0) is 11.7. The Morgan fingerprint density at radius 1 is 1.47 bits per heavy atom. The fourth-order valence-electron chi connectivity index (χ4n) is 2.10. The second kappa shape index (κ2) is 4.50. The van der Waals surface area contributed by atoms with Gasteiger partial charge in [-0.3, -0.25) is 10.4 Å². The summed E-state index contributed by atoms with van der Waals surface area (Å²) in [6.07, 6.45) is 1.55. The number of aromatic amines is 1. The van der Waals surface area contributed by atoms with E-state index in [1.165, 1.54) is 10.5 Å². The second-order valence-electron chi connectivity index (χ2n) is 4.16. The maximum absolute atomic E-state index is 4.18. The van der Waals surface area contributed by atoms with Crippen molar-refractivity contribution in [2.75, 3.05) is 5.75 Å². The maximum atomic E-state index is 4.18. The third kappa shape index (κ3) is 2.08. The second-order valence-corrected chi connectivity index (χ2v) is 5.22. The number of benzene rings is 1. The van der Waals surface area contributed by atoms with Gasteiger partial charge in [0.2, 0.25) is 0 Å². The van der Waals surface area contributed by atoms with E-state index < -0.39 is 0 Å². The van der Waals surface area contributed by atoms with Crippen LogP contribution in [0.5, 0.6) is 0 Å². The molecule has 0 saturated carbocycles. The van der Waals surface area contributed by atoms with Gasteiger partial charge in [-0.2, -0.15) is 5.10 Å². The summed E-state index contributed by atoms with van der Waals surface area (Å²) in [5.41, 5.74) is 1.39. The van der Waals surface area contributed by atoms with E-state index in [-0.39, 0.29) is 6.04 Å². The first kappa shape index (κ1) is 10.8. The van der Waals surface area contributed by atoms with E-state index >= 15 is 0 Å². The van der Waals surface area contributed by atoms with Crippen molar-refractivity contribution < 1.29 is 0 Å². The number of hydrogen-bond acceptors (Lipinski definition) is 4.